The lowest BCUT2D eigenvalue weighted by Crippen LogP contribution is -2.28. The second-order valence-electron chi connectivity index (χ2n) is 4.02. The van der Waals surface area contributed by atoms with Gasteiger partial charge in [0.15, 0.2) is 5.82 Å². The van der Waals surface area contributed by atoms with Gasteiger partial charge in [0.1, 0.15) is 11.6 Å². The van der Waals surface area contributed by atoms with Gasteiger partial charge in [-0.3, -0.25) is 9.48 Å². The summed E-state index contributed by atoms with van der Waals surface area (Å²) in [5.41, 5.74) is 0.404. The van der Waals surface area contributed by atoms with Crippen LogP contribution in [0.25, 0.3) is 0 Å². The van der Waals surface area contributed by atoms with Gasteiger partial charge in [-0.15, -0.1) is 11.8 Å². The van der Waals surface area contributed by atoms with E-state index in [-0.39, 0.29) is 11.2 Å². The van der Waals surface area contributed by atoms with E-state index in [1.165, 1.54) is 11.1 Å². The zero-order valence-corrected chi connectivity index (χ0v) is 10.5. The second kappa shape index (κ2) is 5.23. The average molecular weight is 250 g/mol. The second-order valence-corrected chi connectivity index (χ2v) is 5.33. The third-order valence-electron chi connectivity index (χ3n) is 2.66. The number of aryl methyl sites for hydroxylation is 1. The van der Waals surface area contributed by atoms with Crippen molar-refractivity contribution in [2.45, 2.75) is 24.5 Å². The molecule has 0 radical (unpaired) electrons. The van der Waals surface area contributed by atoms with Crippen molar-refractivity contribution in [3.05, 3.63) is 11.8 Å². The van der Waals surface area contributed by atoms with Crippen molar-refractivity contribution in [1.82, 2.24) is 9.78 Å². The molecule has 1 atom stereocenters. The van der Waals surface area contributed by atoms with Gasteiger partial charge in [-0.25, -0.2) is 0 Å². The maximum atomic E-state index is 12.0. The standard InChI is InChI=1S/C11H14N4OS/c1-15-7-8(6-12)10(14-15)13-11(16)9-4-2-3-5-17-9/h7,9H,2-5H2,1H3,(H,13,14,16). The Labute approximate surface area is 104 Å². The Balaban J connectivity index is 2.04. The Morgan fingerprint density at radius 1 is 1.71 bits per heavy atom. The lowest BCUT2D eigenvalue weighted by atomic mass is 10.2. The highest BCUT2D eigenvalue weighted by Gasteiger charge is 2.23. The maximum Gasteiger partial charge on any atom is 0.238 e. The summed E-state index contributed by atoms with van der Waals surface area (Å²) >= 11 is 1.68. The van der Waals surface area contributed by atoms with E-state index >= 15 is 0 Å². The molecule has 0 bridgehead atoms. The van der Waals surface area contributed by atoms with Crippen molar-refractivity contribution < 1.29 is 4.79 Å². The Morgan fingerprint density at radius 2 is 2.53 bits per heavy atom. The molecule has 0 aromatic carbocycles. The Bertz CT molecular complexity index is 457. The Hall–Kier alpha value is -1.48. The number of hydrogen-bond donors (Lipinski definition) is 1. The molecule has 1 aliphatic heterocycles. The molecule has 0 spiro atoms. The van der Waals surface area contributed by atoms with E-state index < -0.39 is 0 Å². The minimum Gasteiger partial charge on any atom is -0.307 e. The van der Waals surface area contributed by atoms with Crippen LogP contribution in [0.4, 0.5) is 5.82 Å². The van der Waals surface area contributed by atoms with Gasteiger partial charge < -0.3 is 5.32 Å². The van der Waals surface area contributed by atoms with Crippen LogP contribution in [0.5, 0.6) is 0 Å². The first kappa shape index (κ1) is 12.0. The number of carbonyl (C=O) groups is 1. The van der Waals surface area contributed by atoms with Gasteiger partial charge in [0, 0.05) is 13.2 Å². The number of nitrogens with one attached hydrogen (secondary N) is 1. The van der Waals surface area contributed by atoms with Crippen molar-refractivity contribution in [3.63, 3.8) is 0 Å². The highest BCUT2D eigenvalue weighted by atomic mass is 32.2. The highest BCUT2D eigenvalue weighted by Crippen LogP contribution is 2.26. The molecule has 17 heavy (non-hydrogen) atoms. The van der Waals surface area contributed by atoms with Crippen LogP contribution < -0.4 is 5.32 Å². The smallest absolute Gasteiger partial charge is 0.238 e. The molecule has 1 amide bonds. The zero-order valence-electron chi connectivity index (χ0n) is 9.64. The van der Waals surface area contributed by atoms with Crippen LogP contribution in [0.1, 0.15) is 24.8 Å². The number of thioether (sulfide) groups is 1. The summed E-state index contributed by atoms with van der Waals surface area (Å²) in [7, 11) is 1.73. The van der Waals surface area contributed by atoms with E-state index in [1.807, 2.05) is 6.07 Å². The van der Waals surface area contributed by atoms with Crippen LogP contribution in [0.2, 0.25) is 0 Å². The lowest BCUT2D eigenvalue weighted by molar-refractivity contribution is -0.115. The van der Waals surface area contributed by atoms with Gasteiger partial charge in [-0.05, 0) is 18.6 Å². The Morgan fingerprint density at radius 3 is 3.18 bits per heavy atom. The molecule has 6 heteroatoms. The van der Waals surface area contributed by atoms with Crippen LogP contribution in [-0.4, -0.2) is 26.7 Å². The summed E-state index contributed by atoms with van der Waals surface area (Å²) in [5, 5.41) is 15.7. The fourth-order valence-corrected chi connectivity index (χ4v) is 3.01. The highest BCUT2D eigenvalue weighted by molar-refractivity contribution is 8.00. The van der Waals surface area contributed by atoms with Crippen LogP contribution in [0, 0.1) is 11.3 Å². The number of aromatic nitrogens is 2. The Kier molecular flexibility index (Phi) is 3.69. The van der Waals surface area contributed by atoms with E-state index in [1.54, 1.807) is 25.0 Å². The van der Waals surface area contributed by atoms with Crippen molar-refractivity contribution in [1.29, 1.82) is 5.26 Å². The SMILES string of the molecule is Cn1cc(C#N)c(NC(=O)C2CCCCS2)n1. The molecule has 2 rings (SSSR count). The molecule has 5 nitrogen and oxygen atoms in total. The van der Waals surface area contributed by atoms with Crippen LogP contribution in [0.3, 0.4) is 0 Å². The molecule has 0 aliphatic carbocycles. The number of nitrogens with zero attached hydrogens (tertiary/aromatic N) is 3. The number of rotatable bonds is 2. The molecule has 1 unspecified atom stereocenters. The van der Waals surface area contributed by atoms with Gasteiger partial charge in [0.25, 0.3) is 0 Å². The number of hydrogen-bond acceptors (Lipinski definition) is 4. The van der Waals surface area contributed by atoms with Gasteiger partial charge in [0.05, 0.1) is 5.25 Å². The quantitative estimate of drug-likeness (QED) is 0.863. The summed E-state index contributed by atoms with van der Waals surface area (Å²) in [5.74, 6) is 1.36. The fraction of sp³-hybridized carbons (Fsp3) is 0.545. The fourth-order valence-electron chi connectivity index (χ4n) is 1.81. The third-order valence-corrected chi connectivity index (χ3v) is 4.04. The zero-order chi connectivity index (χ0) is 12.3. The molecule has 1 aliphatic rings. The molecule has 0 saturated carbocycles. The van der Waals surface area contributed by atoms with Gasteiger partial charge >= 0.3 is 0 Å². The molecular weight excluding hydrogens is 236 g/mol. The number of nitriles is 1. The average Bonchev–Trinajstić information content (AvgIpc) is 2.70. The van der Waals surface area contributed by atoms with Crippen molar-refractivity contribution >= 4 is 23.5 Å². The monoisotopic (exact) mass is 250 g/mol. The number of carbonyl (C=O) groups excluding carboxylic acids is 1. The number of amides is 1. The summed E-state index contributed by atoms with van der Waals surface area (Å²) in [6.07, 6.45) is 4.79. The van der Waals surface area contributed by atoms with Crippen LogP contribution >= 0.6 is 11.8 Å². The third kappa shape index (κ3) is 2.80. The molecule has 90 valence electrons. The molecular formula is C11H14N4OS. The summed E-state index contributed by atoms with van der Waals surface area (Å²) in [6.45, 7) is 0. The van der Waals surface area contributed by atoms with Crippen molar-refractivity contribution in [3.8, 4) is 6.07 Å². The van der Waals surface area contributed by atoms with E-state index in [2.05, 4.69) is 10.4 Å². The largest absolute Gasteiger partial charge is 0.307 e. The summed E-state index contributed by atoms with van der Waals surface area (Å²) in [4.78, 5) is 12.0. The van der Waals surface area contributed by atoms with Crippen molar-refractivity contribution in [2.24, 2.45) is 7.05 Å². The van der Waals surface area contributed by atoms with Crippen LogP contribution in [0.15, 0.2) is 6.20 Å². The van der Waals surface area contributed by atoms with Gasteiger partial charge in [-0.2, -0.15) is 10.4 Å². The normalized spacial score (nSPS) is 19.6. The van der Waals surface area contributed by atoms with Gasteiger partial charge in [-0.1, -0.05) is 6.42 Å². The van der Waals surface area contributed by atoms with E-state index in [0.29, 0.717) is 11.4 Å². The predicted octanol–water partition coefficient (Wildman–Crippen LogP) is 1.52. The predicted molar refractivity (Wildman–Crippen MR) is 66.6 cm³/mol. The minimum absolute atomic E-state index is 0.00250. The molecule has 1 aromatic rings. The first-order valence-electron chi connectivity index (χ1n) is 5.57. The first-order valence-corrected chi connectivity index (χ1v) is 6.62. The van der Waals surface area contributed by atoms with E-state index in [4.69, 9.17) is 5.26 Å². The van der Waals surface area contributed by atoms with E-state index in [9.17, 15) is 4.79 Å². The topological polar surface area (TPSA) is 70.7 Å². The van der Waals surface area contributed by atoms with Crippen molar-refractivity contribution in [2.75, 3.05) is 11.1 Å². The molecule has 1 N–H and O–H groups in total. The molecule has 1 aromatic heterocycles. The summed E-state index contributed by atoms with van der Waals surface area (Å²) in [6, 6.07) is 2.02. The molecule has 1 saturated heterocycles. The molecule has 2 heterocycles. The molecule has 1 fully saturated rings. The summed E-state index contributed by atoms with van der Waals surface area (Å²) < 4.78 is 1.53. The minimum atomic E-state index is -0.0371. The van der Waals surface area contributed by atoms with Gasteiger partial charge in [0.2, 0.25) is 5.91 Å². The lowest BCUT2D eigenvalue weighted by Gasteiger charge is -2.19. The van der Waals surface area contributed by atoms with Crippen LogP contribution in [-0.2, 0) is 11.8 Å². The maximum absolute atomic E-state index is 12.0. The van der Waals surface area contributed by atoms with E-state index in [0.717, 1.165) is 18.6 Å². The number of anilines is 1. The first-order chi connectivity index (χ1) is 8.20.